The van der Waals surface area contributed by atoms with E-state index in [1.54, 1.807) is 12.4 Å². The van der Waals surface area contributed by atoms with Crippen molar-refractivity contribution in [3.63, 3.8) is 0 Å². The fourth-order valence-electron chi connectivity index (χ4n) is 4.85. The topological polar surface area (TPSA) is 132 Å². The molecule has 12 heteroatoms. The van der Waals surface area contributed by atoms with Crippen molar-refractivity contribution in [1.29, 1.82) is 0 Å². The molecule has 216 valence electrons. The number of nitrogens with zero attached hydrogens (tertiary/aromatic N) is 7. The highest BCUT2D eigenvalue weighted by Crippen LogP contribution is 2.30. The number of pyridine rings is 1. The molecule has 5 aromatic rings. The van der Waals surface area contributed by atoms with Gasteiger partial charge in [0.2, 0.25) is 5.95 Å². The third-order valence-electron chi connectivity index (χ3n) is 6.90. The van der Waals surface area contributed by atoms with Crippen LogP contribution in [0.3, 0.4) is 0 Å². The van der Waals surface area contributed by atoms with Crippen LogP contribution >= 0.6 is 0 Å². The molecule has 0 spiro atoms. The van der Waals surface area contributed by atoms with Gasteiger partial charge < -0.3 is 29.4 Å². The van der Waals surface area contributed by atoms with Crippen LogP contribution in [0.2, 0.25) is 0 Å². The zero-order valence-electron chi connectivity index (χ0n) is 24.0. The Morgan fingerprint density at radius 1 is 1.02 bits per heavy atom. The molecule has 4 aromatic heterocycles. The Morgan fingerprint density at radius 3 is 2.64 bits per heavy atom. The van der Waals surface area contributed by atoms with E-state index in [1.165, 1.54) is 6.33 Å². The predicted octanol–water partition coefficient (Wildman–Crippen LogP) is 5.41. The van der Waals surface area contributed by atoms with E-state index in [4.69, 9.17) is 14.5 Å². The number of aromatic nitrogens is 6. The molecular formula is C30H33N9O3. The SMILES string of the molecule is Cc1cc(Nc2ncnc3cnc(N4CCC(NC(=O)OC(C)(C)C)CC4)nc23)ccc1Oc1ccn2ccnc2c1. The number of hydrogen-bond acceptors (Lipinski definition) is 10. The van der Waals surface area contributed by atoms with Gasteiger partial charge in [-0.25, -0.2) is 29.7 Å². The van der Waals surface area contributed by atoms with Gasteiger partial charge in [0, 0.05) is 49.5 Å². The Bertz CT molecular complexity index is 1740. The van der Waals surface area contributed by atoms with E-state index < -0.39 is 5.60 Å². The van der Waals surface area contributed by atoms with Crippen molar-refractivity contribution in [2.75, 3.05) is 23.3 Å². The zero-order valence-corrected chi connectivity index (χ0v) is 24.0. The van der Waals surface area contributed by atoms with E-state index in [1.807, 2.05) is 74.8 Å². The molecule has 0 aliphatic carbocycles. The van der Waals surface area contributed by atoms with Crippen LogP contribution < -0.4 is 20.3 Å². The number of carbonyl (C=O) groups excluding carboxylic acids is 1. The maximum Gasteiger partial charge on any atom is 0.407 e. The summed E-state index contributed by atoms with van der Waals surface area (Å²) in [5.74, 6) is 2.65. The minimum atomic E-state index is -0.525. The number of anilines is 3. The van der Waals surface area contributed by atoms with Crippen molar-refractivity contribution in [3.8, 4) is 11.5 Å². The number of imidazole rings is 1. The van der Waals surface area contributed by atoms with Crippen molar-refractivity contribution in [2.45, 2.75) is 52.2 Å². The van der Waals surface area contributed by atoms with Crippen molar-refractivity contribution in [1.82, 2.24) is 34.6 Å². The lowest BCUT2D eigenvalue weighted by Crippen LogP contribution is -2.46. The lowest BCUT2D eigenvalue weighted by Gasteiger charge is -2.32. The largest absolute Gasteiger partial charge is 0.457 e. The number of aryl methyl sites for hydroxylation is 1. The molecule has 0 saturated carbocycles. The Balaban J connectivity index is 1.14. The number of alkyl carbamates (subject to hydrolysis) is 1. The number of rotatable bonds is 6. The quantitative estimate of drug-likeness (QED) is 0.275. The van der Waals surface area contributed by atoms with Gasteiger partial charge in [-0.1, -0.05) is 0 Å². The van der Waals surface area contributed by atoms with Crippen LogP contribution in [0.1, 0.15) is 39.2 Å². The second-order valence-corrected chi connectivity index (χ2v) is 11.3. The van der Waals surface area contributed by atoms with E-state index >= 15 is 0 Å². The van der Waals surface area contributed by atoms with Gasteiger partial charge in [0.1, 0.15) is 40.1 Å². The van der Waals surface area contributed by atoms with Crippen molar-refractivity contribution in [3.05, 3.63) is 67.0 Å². The first-order valence-electron chi connectivity index (χ1n) is 13.9. The third kappa shape index (κ3) is 6.17. The fraction of sp³-hybridized carbons (Fsp3) is 0.333. The summed E-state index contributed by atoms with van der Waals surface area (Å²) in [6.07, 6.45) is 9.92. The van der Waals surface area contributed by atoms with E-state index in [9.17, 15) is 4.79 Å². The van der Waals surface area contributed by atoms with Gasteiger partial charge in [-0.05, 0) is 70.4 Å². The molecule has 5 heterocycles. The summed E-state index contributed by atoms with van der Waals surface area (Å²) in [5, 5.41) is 6.36. The van der Waals surface area contributed by atoms with Crippen LogP contribution in [-0.4, -0.2) is 60.1 Å². The number of hydrogen-bond donors (Lipinski definition) is 2. The highest BCUT2D eigenvalue weighted by Gasteiger charge is 2.25. The molecule has 1 aliphatic heterocycles. The fourth-order valence-corrected chi connectivity index (χ4v) is 4.85. The Labute approximate surface area is 243 Å². The molecule has 1 aliphatic rings. The summed E-state index contributed by atoms with van der Waals surface area (Å²) in [4.78, 5) is 36.8. The standard InChI is InChI=1S/C30H33N9O3/c1-19-15-21(5-6-24(19)41-22-9-13-38-14-10-31-25(38)16-22)35-27-26-23(33-18-34-27)17-32-28(37-26)39-11-7-20(8-12-39)36-29(40)42-30(2,3)4/h5-6,9-10,13-18,20H,7-8,11-12H2,1-4H3,(H,36,40)(H,33,34,35). The molecule has 0 atom stereocenters. The average molecular weight is 568 g/mol. The minimum absolute atomic E-state index is 0.0425. The van der Waals surface area contributed by atoms with Crippen LogP contribution in [0.4, 0.5) is 22.2 Å². The second-order valence-electron chi connectivity index (χ2n) is 11.3. The maximum absolute atomic E-state index is 12.2. The van der Waals surface area contributed by atoms with Gasteiger partial charge >= 0.3 is 6.09 Å². The zero-order chi connectivity index (χ0) is 29.3. The van der Waals surface area contributed by atoms with Crippen molar-refractivity contribution < 1.29 is 14.3 Å². The van der Waals surface area contributed by atoms with E-state index in [0.717, 1.165) is 35.5 Å². The number of ether oxygens (including phenoxy) is 2. The van der Waals surface area contributed by atoms with Gasteiger partial charge in [-0.3, -0.25) is 0 Å². The number of fused-ring (bicyclic) bond motifs is 2. The second kappa shape index (κ2) is 11.1. The van der Waals surface area contributed by atoms with E-state index in [2.05, 4.69) is 35.5 Å². The van der Waals surface area contributed by atoms with Crippen molar-refractivity contribution in [2.24, 2.45) is 0 Å². The molecule has 1 aromatic carbocycles. The molecular weight excluding hydrogens is 534 g/mol. The van der Waals surface area contributed by atoms with Gasteiger partial charge in [0.15, 0.2) is 5.82 Å². The molecule has 1 amide bonds. The average Bonchev–Trinajstić information content (AvgIpc) is 3.42. The molecule has 6 rings (SSSR count). The number of amides is 1. The Morgan fingerprint density at radius 2 is 1.86 bits per heavy atom. The first-order valence-corrected chi connectivity index (χ1v) is 13.9. The van der Waals surface area contributed by atoms with E-state index in [-0.39, 0.29) is 12.1 Å². The highest BCUT2D eigenvalue weighted by molar-refractivity contribution is 5.87. The van der Waals surface area contributed by atoms with Crippen molar-refractivity contribution >= 4 is 40.2 Å². The first-order chi connectivity index (χ1) is 20.2. The number of benzene rings is 1. The summed E-state index contributed by atoms with van der Waals surface area (Å²) >= 11 is 0. The summed E-state index contributed by atoms with van der Waals surface area (Å²) in [5.41, 5.74) is 3.37. The molecule has 1 saturated heterocycles. The minimum Gasteiger partial charge on any atom is -0.457 e. The molecule has 0 unspecified atom stereocenters. The monoisotopic (exact) mass is 567 g/mol. The summed E-state index contributed by atoms with van der Waals surface area (Å²) < 4.78 is 13.5. The smallest absolute Gasteiger partial charge is 0.407 e. The highest BCUT2D eigenvalue weighted by atomic mass is 16.6. The van der Waals surface area contributed by atoms with Crippen LogP contribution in [0, 0.1) is 6.92 Å². The van der Waals surface area contributed by atoms with Gasteiger partial charge in [0.05, 0.1) is 6.20 Å². The molecule has 0 radical (unpaired) electrons. The van der Waals surface area contributed by atoms with Gasteiger partial charge in [-0.2, -0.15) is 0 Å². The lowest BCUT2D eigenvalue weighted by molar-refractivity contribution is 0.0497. The van der Waals surface area contributed by atoms with Crippen LogP contribution in [0.5, 0.6) is 11.5 Å². The van der Waals surface area contributed by atoms with Crippen LogP contribution in [0.25, 0.3) is 16.7 Å². The predicted molar refractivity (Wildman–Crippen MR) is 159 cm³/mol. The summed E-state index contributed by atoms with van der Waals surface area (Å²) in [6, 6.07) is 9.71. The summed E-state index contributed by atoms with van der Waals surface area (Å²) in [7, 11) is 0. The summed E-state index contributed by atoms with van der Waals surface area (Å²) in [6.45, 7) is 8.97. The Kier molecular flexibility index (Phi) is 7.19. The number of piperidine rings is 1. The lowest BCUT2D eigenvalue weighted by atomic mass is 10.1. The van der Waals surface area contributed by atoms with E-state index in [0.29, 0.717) is 41.6 Å². The number of nitrogens with one attached hydrogen (secondary N) is 2. The van der Waals surface area contributed by atoms with Gasteiger partial charge in [0.25, 0.3) is 0 Å². The third-order valence-corrected chi connectivity index (χ3v) is 6.90. The molecule has 1 fully saturated rings. The van der Waals surface area contributed by atoms with Gasteiger partial charge in [-0.15, -0.1) is 0 Å². The maximum atomic E-state index is 12.2. The van der Waals surface area contributed by atoms with Crippen LogP contribution in [-0.2, 0) is 4.74 Å². The number of carbonyl (C=O) groups is 1. The molecule has 42 heavy (non-hydrogen) atoms. The molecule has 2 N–H and O–H groups in total. The molecule has 12 nitrogen and oxygen atoms in total. The normalized spacial score (nSPS) is 14.2. The first kappa shape index (κ1) is 27.2. The Hall–Kier alpha value is -5.00. The molecule has 0 bridgehead atoms. The van der Waals surface area contributed by atoms with Crippen LogP contribution in [0.15, 0.2) is 61.4 Å².